The number of aromatic nitrogens is 1. The van der Waals surface area contributed by atoms with Crippen LogP contribution in [0.4, 0.5) is 0 Å². The summed E-state index contributed by atoms with van der Waals surface area (Å²) in [6.07, 6.45) is 4.22. The van der Waals surface area contributed by atoms with Gasteiger partial charge in [0, 0.05) is 28.6 Å². The summed E-state index contributed by atoms with van der Waals surface area (Å²) in [5.74, 6) is 0. The van der Waals surface area contributed by atoms with Crippen molar-refractivity contribution in [1.29, 1.82) is 0 Å². The highest BCUT2D eigenvalue weighted by Crippen LogP contribution is 2.41. The third-order valence-electron chi connectivity index (χ3n) is 4.28. The third kappa shape index (κ3) is 2.27. The number of benzene rings is 1. The molecular formula is C17H21ClN2. The highest BCUT2D eigenvalue weighted by atomic mass is 35.5. The van der Waals surface area contributed by atoms with E-state index in [2.05, 4.69) is 43.7 Å². The van der Waals surface area contributed by atoms with Gasteiger partial charge in [0.15, 0.2) is 0 Å². The maximum absolute atomic E-state index is 6.34. The zero-order chi connectivity index (χ0) is 14.5. The maximum atomic E-state index is 6.34. The second-order valence-corrected chi connectivity index (χ2v) is 7.11. The van der Waals surface area contributed by atoms with Crippen LogP contribution in [0.3, 0.4) is 0 Å². The van der Waals surface area contributed by atoms with Crippen molar-refractivity contribution in [3.05, 3.63) is 52.3 Å². The van der Waals surface area contributed by atoms with Crippen LogP contribution in [0.2, 0.25) is 5.02 Å². The van der Waals surface area contributed by atoms with Gasteiger partial charge in [-0.3, -0.25) is 0 Å². The molecule has 1 heterocycles. The van der Waals surface area contributed by atoms with Gasteiger partial charge in [-0.15, -0.1) is 0 Å². The second-order valence-electron chi connectivity index (χ2n) is 6.67. The fourth-order valence-corrected chi connectivity index (χ4v) is 3.47. The normalized spacial score (nSPS) is 20.8. The van der Waals surface area contributed by atoms with Gasteiger partial charge in [-0.25, -0.2) is 0 Å². The van der Waals surface area contributed by atoms with Gasteiger partial charge in [-0.05, 0) is 54.5 Å². The van der Waals surface area contributed by atoms with Crippen LogP contribution in [0.15, 0.2) is 30.5 Å². The van der Waals surface area contributed by atoms with Gasteiger partial charge >= 0.3 is 0 Å². The van der Waals surface area contributed by atoms with Crippen LogP contribution in [-0.4, -0.2) is 4.57 Å². The lowest BCUT2D eigenvalue weighted by atomic mass is 9.74. The van der Waals surface area contributed by atoms with E-state index in [4.69, 9.17) is 17.3 Å². The van der Waals surface area contributed by atoms with Crippen LogP contribution in [0, 0.1) is 12.3 Å². The largest absolute Gasteiger partial charge is 0.324 e. The van der Waals surface area contributed by atoms with Crippen LogP contribution in [0.25, 0.3) is 5.69 Å². The Balaban J connectivity index is 2.16. The van der Waals surface area contributed by atoms with Crippen LogP contribution < -0.4 is 5.73 Å². The lowest BCUT2D eigenvalue weighted by molar-refractivity contribution is 0.278. The molecule has 1 aliphatic carbocycles. The van der Waals surface area contributed by atoms with E-state index < -0.39 is 0 Å². The van der Waals surface area contributed by atoms with Gasteiger partial charge in [0.05, 0.1) is 0 Å². The molecule has 2 aromatic rings. The van der Waals surface area contributed by atoms with Crippen LogP contribution in [-0.2, 0) is 6.42 Å². The third-order valence-corrected chi connectivity index (χ3v) is 4.51. The molecule has 106 valence electrons. The molecule has 2 N–H and O–H groups in total. The number of hydrogen-bond donors (Lipinski definition) is 1. The minimum absolute atomic E-state index is 0.134. The minimum atomic E-state index is 0.134. The molecule has 1 aromatic carbocycles. The first-order valence-corrected chi connectivity index (χ1v) is 7.47. The zero-order valence-corrected chi connectivity index (χ0v) is 13.0. The molecule has 0 amide bonds. The number of halogens is 1. The number of hydrogen-bond acceptors (Lipinski definition) is 1. The molecule has 0 aliphatic heterocycles. The first-order valence-electron chi connectivity index (χ1n) is 7.10. The SMILES string of the molecule is Cc1ccc(Cl)cc1-n1ccc2c1CC(C)(C)CC2N. The Bertz CT molecular complexity index is 655. The highest BCUT2D eigenvalue weighted by Gasteiger charge is 2.32. The summed E-state index contributed by atoms with van der Waals surface area (Å²) in [4.78, 5) is 0. The topological polar surface area (TPSA) is 30.9 Å². The Morgan fingerprint density at radius 1 is 1.30 bits per heavy atom. The molecule has 0 fully saturated rings. The summed E-state index contributed by atoms with van der Waals surface area (Å²) in [6.45, 7) is 6.70. The quantitative estimate of drug-likeness (QED) is 0.828. The molecule has 0 saturated heterocycles. The molecule has 3 heteroatoms. The molecule has 1 atom stereocenters. The Kier molecular flexibility index (Phi) is 3.19. The predicted octanol–water partition coefficient (Wildman–Crippen LogP) is 4.41. The van der Waals surface area contributed by atoms with Crippen LogP contribution >= 0.6 is 11.6 Å². The lowest BCUT2D eigenvalue weighted by Gasteiger charge is -2.34. The van der Waals surface area contributed by atoms with Gasteiger partial charge in [-0.1, -0.05) is 31.5 Å². The van der Waals surface area contributed by atoms with Gasteiger partial charge in [-0.2, -0.15) is 0 Å². The molecule has 1 aromatic heterocycles. The van der Waals surface area contributed by atoms with E-state index in [1.165, 1.54) is 16.8 Å². The Hall–Kier alpha value is -1.25. The molecule has 1 aliphatic rings. The van der Waals surface area contributed by atoms with E-state index in [-0.39, 0.29) is 11.5 Å². The molecule has 0 saturated carbocycles. The fraction of sp³-hybridized carbons (Fsp3) is 0.412. The minimum Gasteiger partial charge on any atom is -0.324 e. The first-order chi connectivity index (χ1) is 9.37. The standard InChI is InChI=1S/C17H21ClN2/c1-11-4-5-12(18)8-15(11)20-7-6-13-14(19)9-17(2,3)10-16(13)20/h4-8,14H,9-10,19H2,1-3H3. The predicted molar refractivity (Wildman–Crippen MR) is 84.5 cm³/mol. The van der Waals surface area contributed by atoms with Gasteiger partial charge in [0.1, 0.15) is 0 Å². The van der Waals surface area contributed by atoms with E-state index in [9.17, 15) is 0 Å². The monoisotopic (exact) mass is 288 g/mol. The molecule has 0 bridgehead atoms. The average Bonchev–Trinajstić information content (AvgIpc) is 2.74. The molecule has 20 heavy (non-hydrogen) atoms. The number of rotatable bonds is 1. The molecule has 1 unspecified atom stereocenters. The Morgan fingerprint density at radius 3 is 2.80 bits per heavy atom. The maximum Gasteiger partial charge on any atom is 0.0496 e. The number of nitrogens with zero attached hydrogens (tertiary/aromatic N) is 1. The van der Waals surface area contributed by atoms with Crippen LogP contribution in [0.1, 0.15) is 43.1 Å². The van der Waals surface area contributed by atoms with E-state index in [0.717, 1.165) is 23.6 Å². The van der Waals surface area contributed by atoms with Crippen molar-refractivity contribution in [2.45, 2.75) is 39.7 Å². The zero-order valence-electron chi connectivity index (χ0n) is 12.3. The first kappa shape index (κ1) is 13.7. The van der Waals surface area contributed by atoms with Crippen molar-refractivity contribution >= 4 is 11.6 Å². The Morgan fingerprint density at radius 2 is 2.05 bits per heavy atom. The average molecular weight is 289 g/mol. The summed E-state index contributed by atoms with van der Waals surface area (Å²) in [7, 11) is 0. The summed E-state index contributed by atoms with van der Waals surface area (Å²) in [6, 6.07) is 8.33. The Labute approximate surface area is 125 Å². The molecule has 2 nitrogen and oxygen atoms in total. The number of fused-ring (bicyclic) bond motifs is 1. The van der Waals surface area contributed by atoms with Crippen molar-refractivity contribution in [1.82, 2.24) is 4.57 Å². The molecule has 3 rings (SSSR count). The number of nitrogens with two attached hydrogens (primary N) is 1. The summed E-state index contributed by atoms with van der Waals surface area (Å²) < 4.78 is 2.26. The molecule has 0 radical (unpaired) electrons. The van der Waals surface area contributed by atoms with E-state index in [1.807, 2.05) is 12.1 Å². The van der Waals surface area contributed by atoms with E-state index in [0.29, 0.717) is 0 Å². The van der Waals surface area contributed by atoms with Crippen molar-refractivity contribution in [3.8, 4) is 5.69 Å². The van der Waals surface area contributed by atoms with Crippen molar-refractivity contribution in [3.63, 3.8) is 0 Å². The van der Waals surface area contributed by atoms with Gasteiger partial charge in [0.2, 0.25) is 0 Å². The van der Waals surface area contributed by atoms with Crippen LogP contribution in [0.5, 0.6) is 0 Å². The number of aryl methyl sites for hydroxylation is 1. The second kappa shape index (κ2) is 4.64. The molecule has 0 spiro atoms. The summed E-state index contributed by atoms with van der Waals surface area (Å²) in [5, 5.41) is 0.771. The fourth-order valence-electron chi connectivity index (χ4n) is 3.30. The van der Waals surface area contributed by atoms with Gasteiger partial charge < -0.3 is 10.3 Å². The van der Waals surface area contributed by atoms with Crippen molar-refractivity contribution in [2.75, 3.05) is 0 Å². The smallest absolute Gasteiger partial charge is 0.0496 e. The van der Waals surface area contributed by atoms with E-state index in [1.54, 1.807) is 0 Å². The lowest BCUT2D eigenvalue weighted by Crippen LogP contribution is -2.30. The highest BCUT2D eigenvalue weighted by molar-refractivity contribution is 6.30. The van der Waals surface area contributed by atoms with Crippen molar-refractivity contribution < 1.29 is 0 Å². The van der Waals surface area contributed by atoms with Crippen molar-refractivity contribution in [2.24, 2.45) is 11.1 Å². The molecular weight excluding hydrogens is 268 g/mol. The summed E-state index contributed by atoms with van der Waals surface area (Å²) in [5.41, 5.74) is 11.6. The van der Waals surface area contributed by atoms with Gasteiger partial charge in [0.25, 0.3) is 0 Å². The summed E-state index contributed by atoms with van der Waals surface area (Å²) >= 11 is 6.16. The van der Waals surface area contributed by atoms with E-state index >= 15 is 0 Å².